The molecule has 27 heavy (non-hydrogen) atoms. The lowest BCUT2D eigenvalue weighted by molar-refractivity contribution is -0.140. The van der Waals surface area contributed by atoms with Crippen LogP contribution in [0.1, 0.15) is 18.7 Å². The van der Waals surface area contributed by atoms with Crippen LogP contribution in [-0.2, 0) is 14.6 Å². The van der Waals surface area contributed by atoms with Gasteiger partial charge in [-0.15, -0.1) is 0 Å². The van der Waals surface area contributed by atoms with E-state index >= 15 is 0 Å². The number of aromatic nitrogens is 2. The van der Waals surface area contributed by atoms with Crippen molar-refractivity contribution in [3.8, 4) is 11.4 Å². The summed E-state index contributed by atoms with van der Waals surface area (Å²) in [5.74, 6) is -0.695. The van der Waals surface area contributed by atoms with E-state index < -0.39 is 28.0 Å². The molecule has 0 aliphatic carbocycles. The number of rotatable bonds is 5. The second-order valence-corrected chi connectivity index (χ2v) is 8.95. The molecule has 0 radical (unpaired) electrons. The first kappa shape index (κ1) is 19.7. The number of carbonyl (C=O) groups excluding carboxylic acids is 1. The highest BCUT2D eigenvalue weighted by Crippen LogP contribution is 2.30. The molecule has 1 fully saturated rings. The topological polar surface area (TPSA) is 119 Å². The van der Waals surface area contributed by atoms with Crippen LogP contribution in [0.5, 0.6) is 0 Å². The molecule has 146 valence electrons. The van der Waals surface area contributed by atoms with Gasteiger partial charge in [-0.3, -0.25) is 4.79 Å². The van der Waals surface area contributed by atoms with Crippen molar-refractivity contribution in [3.05, 3.63) is 29.1 Å². The largest absolute Gasteiger partial charge is 0.339 e. The first-order valence-corrected chi connectivity index (χ1v) is 10.4. The van der Waals surface area contributed by atoms with Gasteiger partial charge in [0.05, 0.1) is 35.0 Å². The van der Waals surface area contributed by atoms with Crippen LogP contribution in [-0.4, -0.2) is 60.9 Å². The molecular weight excluding hydrogens is 399 g/mol. The third-order valence-corrected chi connectivity index (χ3v) is 5.84. The lowest BCUT2D eigenvalue weighted by Crippen LogP contribution is -2.57. The maximum atomic E-state index is 12.9. The number of carbonyl (C=O) groups is 1. The summed E-state index contributed by atoms with van der Waals surface area (Å²) in [6, 6.07) is 3.22. The van der Waals surface area contributed by atoms with Gasteiger partial charge in [0, 0.05) is 11.8 Å². The summed E-state index contributed by atoms with van der Waals surface area (Å²) in [6.45, 7) is 1.73. The summed E-state index contributed by atoms with van der Waals surface area (Å²) in [5, 5.41) is 3.98. The zero-order chi connectivity index (χ0) is 19.9. The smallest absolute Gasteiger partial charge is 0.240 e. The second-order valence-electron chi connectivity index (χ2n) is 6.53. The van der Waals surface area contributed by atoms with Gasteiger partial charge in [0.1, 0.15) is 6.17 Å². The fraction of sp³-hybridized carbons (Fsp3) is 0.438. The maximum absolute atomic E-state index is 12.9. The van der Waals surface area contributed by atoms with Crippen molar-refractivity contribution in [2.75, 3.05) is 19.3 Å². The molecule has 1 aliphatic heterocycles. The molecule has 2 aromatic rings. The number of hydrogen-bond donors (Lipinski definition) is 1. The van der Waals surface area contributed by atoms with Gasteiger partial charge >= 0.3 is 0 Å². The summed E-state index contributed by atoms with van der Waals surface area (Å²) in [6.07, 6.45) is 0.0669. The molecule has 2 N–H and O–H groups in total. The average Bonchev–Trinajstić information content (AvgIpc) is 3.05. The van der Waals surface area contributed by atoms with Crippen LogP contribution in [0.25, 0.3) is 11.4 Å². The maximum Gasteiger partial charge on any atom is 0.240 e. The van der Waals surface area contributed by atoms with E-state index in [0.717, 1.165) is 6.26 Å². The quantitative estimate of drug-likeness (QED) is 0.782. The van der Waals surface area contributed by atoms with Gasteiger partial charge in [0.2, 0.25) is 17.6 Å². The van der Waals surface area contributed by atoms with E-state index in [4.69, 9.17) is 21.9 Å². The number of halogens is 2. The predicted octanol–water partition coefficient (Wildman–Crippen LogP) is 1.40. The lowest BCUT2D eigenvalue weighted by atomic mass is 9.99. The molecule has 11 heteroatoms. The molecule has 1 aromatic carbocycles. The van der Waals surface area contributed by atoms with Gasteiger partial charge in [-0.1, -0.05) is 23.7 Å². The highest BCUT2D eigenvalue weighted by molar-refractivity contribution is 7.90. The summed E-state index contributed by atoms with van der Waals surface area (Å²) in [4.78, 5) is 17.8. The number of alkyl halides is 1. The molecule has 0 saturated carbocycles. The molecule has 0 bridgehead atoms. The minimum Gasteiger partial charge on any atom is -0.339 e. The van der Waals surface area contributed by atoms with Gasteiger partial charge in [-0.05, 0) is 18.2 Å². The van der Waals surface area contributed by atoms with E-state index in [0.29, 0.717) is 5.56 Å². The number of amides is 1. The molecule has 8 nitrogen and oxygen atoms in total. The van der Waals surface area contributed by atoms with Crippen LogP contribution in [0.2, 0.25) is 5.02 Å². The van der Waals surface area contributed by atoms with Crippen molar-refractivity contribution in [2.24, 2.45) is 5.73 Å². The highest BCUT2D eigenvalue weighted by atomic mass is 35.5. The van der Waals surface area contributed by atoms with Crippen molar-refractivity contribution < 1.29 is 22.1 Å². The minimum atomic E-state index is -3.40. The van der Waals surface area contributed by atoms with Crippen molar-refractivity contribution in [1.82, 2.24) is 15.0 Å². The van der Waals surface area contributed by atoms with Crippen LogP contribution < -0.4 is 5.73 Å². The zero-order valence-electron chi connectivity index (χ0n) is 14.6. The normalized spacial score (nSPS) is 17.4. The minimum absolute atomic E-state index is 0.0383. The van der Waals surface area contributed by atoms with Gasteiger partial charge in [0.25, 0.3) is 0 Å². The first-order chi connectivity index (χ1) is 12.6. The van der Waals surface area contributed by atoms with E-state index in [2.05, 4.69) is 10.1 Å². The molecular formula is C16H18ClFN4O4S. The van der Waals surface area contributed by atoms with Crippen LogP contribution >= 0.6 is 11.6 Å². The fourth-order valence-corrected chi connectivity index (χ4v) is 3.60. The third-order valence-electron chi connectivity index (χ3n) is 4.41. The Morgan fingerprint density at radius 1 is 1.44 bits per heavy atom. The Labute approximate surface area is 160 Å². The molecule has 1 saturated heterocycles. The number of nitrogens with zero attached hydrogens (tertiary/aromatic N) is 3. The molecule has 2 heterocycles. The van der Waals surface area contributed by atoms with Gasteiger partial charge in [-0.25, -0.2) is 12.8 Å². The zero-order valence-corrected chi connectivity index (χ0v) is 16.2. The van der Waals surface area contributed by atoms with Crippen molar-refractivity contribution in [3.63, 3.8) is 0 Å². The lowest BCUT2D eigenvalue weighted by Gasteiger charge is -2.36. The van der Waals surface area contributed by atoms with Gasteiger partial charge in [-0.2, -0.15) is 4.98 Å². The Morgan fingerprint density at radius 2 is 2.11 bits per heavy atom. The molecule has 1 amide bonds. The monoisotopic (exact) mass is 416 g/mol. The van der Waals surface area contributed by atoms with Gasteiger partial charge < -0.3 is 15.2 Å². The first-order valence-electron chi connectivity index (χ1n) is 8.10. The molecule has 3 rings (SSSR count). The Morgan fingerprint density at radius 3 is 2.67 bits per heavy atom. The number of sulfone groups is 1. The SMILES string of the molecule is C[C@H](c1nc(-c2ccc(S(C)(=O)=O)cc2Cl)no1)[C@H](N)C(=O)N1CC(F)C1. The molecule has 0 unspecified atom stereocenters. The van der Waals surface area contributed by atoms with Crippen LogP contribution in [0.3, 0.4) is 0 Å². The van der Waals surface area contributed by atoms with Gasteiger partial charge in [0.15, 0.2) is 9.84 Å². The fourth-order valence-electron chi connectivity index (χ4n) is 2.62. The molecule has 0 spiro atoms. The second kappa shape index (κ2) is 7.17. The van der Waals surface area contributed by atoms with E-state index in [9.17, 15) is 17.6 Å². The van der Waals surface area contributed by atoms with Crippen LogP contribution in [0.4, 0.5) is 4.39 Å². The number of nitrogens with two attached hydrogens (primary N) is 1. The van der Waals surface area contributed by atoms with Crippen molar-refractivity contribution >= 4 is 27.3 Å². The van der Waals surface area contributed by atoms with E-state index in [1.165, 1.54) is 23.1 Å². The summed E-state index contributed by atoms with van der Waals surface area (Å²) < 4.78 is 41.3. The van der Waals surface area contributed by atoms with Crippen LogP contribution in [0.15, 0.2) is 27.6 Å². The van der Waals surface area contributed by atoms with Crippen LogP contribution in [0, 0.1) is 0 Å². The third kappa shape index (κ3) is 3.97. The van der Waals surface area contributed by atoms with E-state index in [1.54, 1.807) is 6.92 Å². The van der Waals surface area contributed by atoms with Crippen molar-refractivity contribution in [2.45, 2.75) is 30.0 Å². The summed E-state index contributed by atoms with van der Waals surface area (Å²) >= 11 is 6.15. The predicted molar refractivity (Wildman–Crippen MR) is 95.7 cm³/mol. The Bertz CT molecular complexity index is 975. The average molecular weight is 417 g/mol. The highest BCUT2D eigenvalue weighted by Gasteiger charge is 2.36. The van der Waals surface area contributed by atoms with E-state index in [-0.39, 0.29) is 40.6 Å². The number of likely N-dealkylation sites (tertiary alicyclic amines) is 1. The van der Waals surface area contributed by atoms with E-state index in [1.807, 2.05) is 0 Å². The number of benzene rings is 1. The number of hydrogen-bond acceptors (Lipinski definition) is 7. The molecule has 2 atom stereocenters. The Balaban J connectivity index is 1.79. The Kier molecular flexibility index (Phi) is 5.24. The van der Waals surface area contributed by atoms with Crippen molar-refractivity contribution in [1.29, 1.82) is 0 Å². The standard InChI is InChI=1S/C16H18ClFN4O4S/c1-8(13(19)16(23)22-6-9(18)7-22)15-20-14(21-26-15)11-4-3-10(5-12(11)17)27(2,24)25/h3-5,8-9,13H,6-7,19H2,1-2H3/t8-,13-/m0/s1. The summed E-state index contributed by atoms with van der Waals surface area (Å²) in [7, 11) is -3.40. The Hall–Kier alpha value is -2.04. The summed E-state index contributed by atoms with van der Waals surface area (Å²) in [5.41, 5.74) is 6.34. The molecule has 1 aliphatic rings. The molecule has 1 aromatic heterocycles.